The second kappa shape index (κ2) is 11.3. The highest BCUT2D eigenvalue weighted by atomic mass is 16.5. The molecule has 1 N–H and O–H groups in total. The summed E-state index contributed by atoms with van der Waals surface area (Å²) < 4.78 is 5.84. The van der Waals surface area contributed by atoms with Crippen molar-refractivity contribution < 1.29 is 19.4 Å². The van der Waals surface area contributed by atoms with E-state index >= 15 is 0 Å². The van der Waals surface area contributed by atoms with Crippen molar-refractivity contribution in [3.05, 3.63) is 65.0 Å². The highest BCUT2D eigenvalue weighted by molar-refractivity contribution is 6.46. The molecule has 1 fully saturated rings. The number of ether oxygens (including phenoxy) is 1. The summed E-state index contributed by atoms with van der Waals surface area (Å²) >= 11 is 0. The molecule has 1 aromatic carbocycles. The first-order valence-corrected chi connectivity index (χ1v) is 11.9. The number of rotatable bonds is 10. The van der Waals surface area contributed by atoms with Gasteiger partial charge in [0.1, 0.15) is 11.5 Å². The maximum atomic E-state index is 13.2. The summed E-state index contributed by atoms with van der Waals surface area (Å²) in [6, 6.07) is 8.21. The molecule has 34 heavy (non-hydrogen) atoms. The van der Waals surface area contributed by atoms with Gasteiger partial charge in [0.15, 0.2) is 0 Å². The van der Waals surface area contributed by atoms with Crippen molar-refractivity contribution in [3.63, 3.8) is 0 Å². The van der Waals surface area contributed by atoms with E-state index in [1.54, 1.807) is 41.6 Å². The minimum atomic E-state index is -0.693. The van der Waals surface area contributed by atoms with Gasteiger partial charge in [-0.25, -0.2) is 0 Å². The van der Waals surface area contributed by atoms with Crippen LogP contribution in [0, 0.1) is 12.8 Å². The van der Waals surface area contributed by atoms with E-state index in [0.29, 0.717) is 36.7 Å². The second-order valence-electron chi connectivity index (χ2n) is 8.99. The lowest BCUT2D eigenvalue weighted by atomic mass is 9.95. The Hall–Kier alpha value is -3.19. The summed E-state index contributed by atoms with van der Waals surface area (Å²) in [6.07, 6.45) is 3.28. The Bertz CT molecular complexity index is 1050. The van der Waals surface area contributed by atoms with Crippen LogP contribution in [0.25, 0.3) is 5.76 Å². The predicted octanol–water partition coefficient (Wildman–Crippen LogP) is 4.19. The zero-order valence-electron chi connectivity index (χ0n) is 20.7. The molecule has 182 valence electrons. The molecule has 0 radical (unpaired) electrons. The molecule has 0 unspecified atom stereocenters. The Kier molecular flexibility index (Phi) is 8.45. The predicted molar refractivity (Wildman–Crippen MR) is 133 cm³/mol. The third-order valence-electron chi connectivity index (χ3n) is 6.11. The van der Waals surface area contributed by atoms with Crippen molar-refractivity contribution in [1.29, 1.82) is 0 Å². The number of pyridine rings is 1. The lowest BCUT2D eigenvalue weighted by molar-refractivity contribution is -0.140. The van der Waals surface area contributed by atoms with E-state index in [-0.39, 0.29) is 11.3 Å². The van der Waals surface area contributed by atoms with Gasteiger partial charge in [0, 0.05) is 31.0 Å². The molecular formula is C27H35N3O4. The van der Waals surface area contributed by atoms with Crippen LogP contribution in [0.5, 0.6) is 5.75 Å². The maximum Gasteiger partial charge on any atom is 0.295 e. The first-order valence-electron chi connectivity index (χ1n) is 11.9. The topological polar surface area (TPSA) is 83.0 Å². The highest BCUT2D eigenvalue weighted by Crippen LogP contribution is 2.39. The largest absolute Gasteiger partial charge is 0.507 e. The Labute approximate surface area is 202 Å². The summed E-state index contributed by atoms with van der Waals surface area (Å²) in [5, 5.41) is 11.3. The number of aliphatic hydroxyl groups is 1. The van der Waals surface area contributed by atoms with Gasteiger partial charge >= 0.3 is 0 Å². The summed E-state index contributed by atoms with van der Waals surface area (Å²) in [5.41, 5.74) is 2.10. The summed E-state index contributed by atoms with van der Waals surface area (Å²) in [6.45, 7) is 13.5. The van der Waals surface area contributed by atoms with Gasteiger partial charge in [0.05, 0.1) is 18.2 Å². The van der Waals surface area contributed by atoms with Crippen molar-refractivity contribution >= 4 is 17.4 Å². The highest BCUT2D eigenvalue weighted by Gasteiger charge is 2.46. The SMILES string of the molecule is CCN(CC)CCN1C(=O)C(=O)/C(=C(/O)c2ccc(OCC(C)C)c(C)c2)[C@@H]1c1cccnc1. The summed E-state index contributed by atoms with van der Waals surface area (Å²) in [5.74, 6) is -0.344. The van der Waals surface area contributed by atoms with E-state index in [4.69, 9.17) is 4.74 Å². The van der Waals surface area contributed by atoms with Gasteiger partial charge in [0.2, 0.25) is 0 Å². The summed E-state index contributed by atoms with van der Waals surface area (Å²) in [7, 11) is 0. The number of Topliss-reactive ketones (excluding diaryl/α,β-unsaturated/α-hetero) is 1. The van der Waals surface area contributed by atoms with Gasteiger partial charge < -0.3 is 19.6 Å². The molecule has 0 aliphatic carbocycles. The molecule has 1 atom stereocenters. The van der Waals surface area contributed by atoms with Crippen LogP contribution < -0.4 is 4.74 Å². The third-order valence-corrected chi connectivity index (χ3v) is 6.11. The number of nitrogens with zero attached hydrogens (tertiary/aromatic N) is 3. The van der Waals surface area contributed by atoms with Crippen molar-refractivity contribution in [3.8, 4) is 5.75 Å². The van der Waals surface area contributed by atoms with Crippen molar-refractivity contribution in [2.24, 2.45) is 5.92 Å². The van der Waals surface area contributed by atoms with Gasteiger partial charge in [-0.3, -0.25) is 14.6 Å². The number of hydrogen-bond donors (Lipinski definition) is 1. The number of amides is 1. The van der Waals surface area contributed by atoms with Crippen LogP contribution in [-0.2, 0) is 9.59 Å². The molecular weight excluding hydrogens is 430 g/mol. The fourth-order valence-electron chi connectivity index (χ4n) is 4.15. The smallest absolute Gasteiger partial charge is 0.295 e. The van der Waals surface area contributed by atoms with Gasteiger partial charge in [-0.15, -0.1) is 0 Å². The zero-order chi connectivity index (χ0) is 24.8. The van der Waals surface area contributed by atoms with Crippen LogP contribution in [0.1, 0.15) is 50.4 Å². The molecule has 1 saturated heterocycles. The number of aromatic nitrogens is 1. The fraction of sp³-hybridized carbons (Fsp3) is 0.444. The van der Waals surface area contributed by atoms with Crippen molar-refractivity contribution in [1.82, 2.24) is 14.8 Å². The van der Waals surface area contributed by atoms with E-state index in [1.165, 1.54) is 0 Å². The molecule has 1 amide bonds. The van der Waals surface area contributed by atoms with Crippen molar-refractivity contribution in [2.45, 2.75) is 40.7 Å². The second-order valence-corrected chi connectivity index (χ2v) is 8.99. The number of aliphatic hydroxyl groups excluding tert-OH is 1. The first-order chi connectivity index (χ1) is 16.3. The monoisotopic (exact) mass is 465 g/mol. The van der Waals surface area contributed by atoms with E-state index < -0.39 is 17.7 Å². The first kappa shape index (κ1) is 25.4. The van der Waals surface area contributed by atoms with Crippen LogP contribution >= 0.6 is 0 Å². The normalized spacial score (nSPS) is 17.7. The molecule has 0 spiro atoms. The number of carbonyl (C=O) groups excluding carboxylic acids is 2. The number of benzene rings is 1. The van der Waals surface area contributed by atoms with Crippen LogP contribution in [0.3, 0.4) is 0 Å². The lowest BCUT2D eigenvalue weighted by Gasteiger charge is -2.28. The standard InChI is InChI=1S/C27H35N3O4/c1-6-29(7-2)13-14-30-24(21-9-8-12-28-16-21)23(26(32)27(30)33)25(31)20-10-11-22(19(5)15-20)34-17-18(3)4/h8-12,15-16,18,24,31H,6-7,13-14,17H2,1-5H3/b25-23+/t24-/m0/s1. The number of likely N-dealkylation sites (tertiary alicyclic amines) is 1. The van der Waals surface area contributed by atoms with Gasteiger partial charge in [-0.2, -0.15) is 0 Å². The quantitative estimate of drug-likeness (QED) is 0.322. The maximum absolute atomic E-state index is 13.2. The van der Waals surface area contributed by atoms with Crippen LogP contribution in [-0.4, -0.2) is 64.4 Å². The Morgan fingerprint density at radius 1 is 1.21 bits per heavy atom. The lowest BCUT2D eigenvalue weighted by Crippen LogP contribution is -2.38. The van der Waals surface area contributed by atoms with E-state index in [2.05, 4.69) is 37.6 Å². The van der Waals surface area contributed by atoms with E-state index in [1.807, 2.05) is 13.0 Å². The summed E-state index contributed by atoms with van der Waals surface area (Å²) in [4.78, 5) is 34.2. The number of likely N-dealkylation sites (N-methyl/N-ethyl adjacent to an activating group) is 1. The average Bonchev–Trinajstić information content (AvgIpc) is 3.08. The number of ketones is 1. The third kappa shape index (κ3) is 5.47. The molecule has 1 aliphatic rings. The average molecular weight is 466 g/mol. The number of carbonyl (C=O) groups is 2. The van der Waals surface area contributed by atoms with Crippen LogP contribution in [0.4, 0.5) is 0 Å². The fourth-order valence-corrected chi connectivity index (χ4v) is 4.15. The van der Waals surface area contributed by atoms with Gasteiger partial charge in [-0.05, 0) is 61.3 Å². The molecule has 7 nitrogen and oxygen atoms in total. The van der Waals surface area contributed by atoms with E-state index in [9.17, 15) is 14.7 Å². The zero-order valence-corrected chi connectivity index (χ0v) is 20.7. The van der Waals surface area contributed by atoms with Crippen LogP contribution in [0.15, 0.2) is 48.3 Å². The number of hydrogen-bond acceptors (Lipinski definition) is 6. The van der Waals surface area contributed by atoms with Gasteiger partial charge in [-0.1, -0.05) is 33.8 Å². The van der Waals surface area contributed by atoms with Crippen LogP contribution in [0.2, 0.25) is 0 Å². The molecule has 7 heteroatoms. The number of aryl methyl sites for hydroxylation is 1. The van der Waals surface area contributed by atoms with Gasteiger partial charge in [0.25, 0.3) is 11.7 Å². The van der Waals surface area contributed by atoms with E-state index in [0.717, 1.165) is 24.4 Å². The molecule has 1 aliphatic heterocycles. The Morgan fingerprint density at radius 2 is 1.94 bits per heavy atom. The molecule has 1 aromatic heterocycles. The Morgan fingerprint density at radius 3 is 2.53 bits per heavy atom. The molecule has 2 aromatic rings. The minimum Gasteiger partial charge on any atom is -0.507 e. The molecule has 2 heterocycles. The molecule has 0 saturated carbocycles. The Balaban J connectivity index is 2.02. The molecule has 3 rings (SSSR count). The minimum absolute atomic E-state index is 0.0906. The molecule has 0 bridgehead atoms. The van der Waals surface area contributed by atoms with Crippen molar-refractivity contribution in [2.75, 3.05) is 32.8 Å².